The lowest BCUT2D eigenvalue weighted by Crippen LogP contribution is -2.02. The van der Waals surface area contributed by atoms with Gasteiger partial charge in [0.25, 0.3) is 0 Å². The molecule has 110 valence electrons. The Morgan fingerprint density at radius 3 is 2.76 bits per heavy atom. The topological polar surface area (TPSA) is 44.6 Å². The lowest BCUT2D eigenvalue weighted by atomic mass is 9.90. The lowest BCUT2D eigenvalue weighted by molar-refractivity contribution is 0.478. The Kier molecular flexibility index (Phi) is 3.97. The monoisotopic (exact) mass is 300 g/mol. The number of aryl methyl sites for hydroxylation is 2. The van der Waals surface area contributed by atoms with Crippen molar-refractivity contribution in [3.05, 3.63) is 40.3 Å². The fourth-order valence-corrected chi connectivity index (χ4v) is 3.92. The highest BCUT2D eigenvalue weighted by molar-refractivity contribution is 7.14. The number of nitrogens with one attached hydrogen (secondary N) is 1. The molecule has 1 aromatic heterocycles. The quantitative estimate of drug-likeness (QED) is 0.666. The Morgan fingerprint density at radius 1 is 1.24 bits per heavy atom. The van der Waals surface area contributed by atoms with E-state index in [1.165, 1.54) is 30.4 Å². The van der Waals surface area contributed by atoms with Crippen molar-refractivity contribution in [2.45, 2.75) is 32.6 Å². The zero-order chi connectivity index (χ0) is 14.8. The molecule has 0 unspecified atom stereocenters. The van der Waals surface area contributed by atoms with Gasteiger partial charge in [-0.1, -0.05) is 12.1 Å². The Morgan fingerprint density at radius 2 is 2.00 bits per heavy atom. The van der Waals surface area contributed by atoms with Crippen LogP contribution in [0.25, 0.3) is 10.4 Å². The van der Waals surface area contributed by atoms with Crippen molar-refractivity contribution in [3.8, 4) is 16.2 Å². The van der Waals surface area contributed by atoms with Crippen molar-refractivity contribution in [3.63, 3.8) is 0 Å². The Balaban J connectivity index is 2.00. The van der Waals surface area contributed by atoms with Gasteiger partial charge in [-0.3, -0.25) is 0 Å². The molecule has 0 bridgehead atoms. The maximum Gasteiger partial charge on any atom is 0.143 e. The van der Waals surface area contributed by atoms with Crippen molar-refractivity contribution in [1.82, 2.24) is 5.43 Å². The lowest BCUT2D eigenvalue weighted by Gasteiger charge is -2.16. The second kappa shape index (κ2) is 5.90. The highest BCUT2D eigenvalue weighted by Gasteiger charge is 2.16. The molecule has 3 rings (SSSR count). The number of hydrogen-bond acceptors (Lipinski definition) is 4. The van der Waals surface area contributed by atoms with E-state index in [1.807, 2.05) is 12.3 Å². The SMILES string of the molecule is CN/N=C(\C)c1csc(-c2ccc3c(c2)CCCC3)c1O. The molecule has 0 atom stereocenters. The average Bonchev–Trinajstić information content (AvgIpc) is 2.89. The van der Waals surface area contributed by atoms with E-state index in [1.54, 1.807) is 18.4 Å². The van der Waals surface area contributed by atoms with Gasteiger partial charge in [-0.25, -0.2) is 0 Å². The average molecular weight is 300 g/mol. The molecule has 2 aromatic rings. The van der Waals surface area contributed by atoms with E-state index in [9.17, 15) is 5.11 Å². The Labute approximate surface area is 129 Å². The van der Waals surface area contributed by atoms with Crippen molar-refractivity contribution in [2.24, 2.45) is 5.10 Å². The summed E-state index contributed by atoms with van der Waals surface area (Å²) in [6.07, 6.45) is 4.90. The minimum Gasteiger partial charge on any atom is -0.506 e. The van der Waals surface area contributed by atoms with Crippen molar-refractivity contribution in [2.75, 3.05) is 7.05 Å². The van der Waals surface area contributed by atoms with E-state index in [4.69, 9.17) is 0 Å². The minimum absolute atomic E-state index is 0.340. The smallest absolute Gasteiger partial charge is 0.143 e. The van der Waals surface area contributed by atoms with Crippen LogP contribution in [0.1, 0.15) is 36.5 Å². The maximum atomic E-state index is 10.5. The van der Waals surface area contributed by atoms with E-state index in [0.717, 1.165) is 28.1 Å². The molecule has 1 aliphatic rings. The number of benzene rings is 1. The summed E-state index contributed by atoms with van der Waals surface area (Å²) >= 11 is 1.58. The highest BCUT2D eigenvalue weighted by atomic mass is 32.1. The summed E-state index contributed by atoms with van der Waals surface area (Å²) in [6, 6.07) is 6.59. The minimum atomic E-state index is 0.340. The number of hydrogen-bond donors (Lipinski definition) is 2. The molecule has 3 nitrogen and oxygen atoms in total. The van der Waals surface area contributed by atoms with Gasteiger partial charge in [-0.15, -0.1) is 11.3 Å². The molecular weight excluding hydrogens is 280 g/mol. The van der Waals surface area contributed by atoms with Gasteiger partial charge in [0.2, 0.25) is 0 Å². The Hall–Kier alpha value is -1.81. The Bertz CT molecular complexity index is 688. The number of nitrogens with zero attached hydrogens (tertiary/aromatic N) is 1. The van der Waals surface area contributed by atoms with Crippen LogP contribution >= 0.6 is 11.3 Å². The normalized spacial score (nSPS) is 14.9. The third-order valence-electron chi connectivity index (χ3n) is 4.04. The van der Waals surface area contributed by atoms with Crippen LogP contribution in [-0.2, 0) is 12.8 Å². The van der Waals surface area contributed by atoms with Gasteiger partial charge in [-0.2, -0.15) is 5.10 Å². The fraction of sp³-hybridized carbons (Fsp3) is 0.353. The first-order valence-corrected chi connectivity index (χ1v) is 8.22. The van der Waals surface area contributed by atoms with E-state index in [0.29, 0.717) is 5.75 Å². The van der Waals surface area contributed by atoms with Crippen molar-refractivity contribution in [1.29, 1.82) is 0 Å². The summed E-state index contributed by atoms with van der Waals surface area (Å²) in [4.78, 5) is 0.934. The van der Waals surface area contributed by atoms with Gasteiger partial charge < -0.3 is 10.5 Å². The van der Waals surface area contributed by atoms with Crippen LogP contribution in [0, 0.1) is 0 Å². The van der Waals surface area contributed by atoms with E-state index < -0.39 is 0 Å². The zero-order valence-corrected chi connectivity index (χ0v) is 13.3. The summed E-state index contributed by atoms with van der Waals surface area (Å²) in [5.74, 6) is 0.340. The summed E-state index contributed by atoms with van der Waals surface area (Å²) < 4.78 is 0. The van der Waals surface area contributed by atoms with E-state index in [2.05, 4.69) is 28.7 Å². The summed E-state index contributed by atoms with van der Waals surface area (Å²) in [6.45, 7) is 1.90. The second-order valence-corrected chi connectivity index (χ2v) is 6.32. The molecular formula is C17H20N2OS. The maximum absolute atomic E-state index is 10.5. The van der Waals surface area contributed by atoms with Gasteiger partial charge >= 0.3 is 0 Å². The molecule has 0 spiro atoms. The van der Waals surface area contributed by atoms with E-state index >= 15 is 0 Å². The number of rotatable bonds is 3. The summed E-state index contributed by atoms with van der Waals surface area (Å²) in [7, 11) is 1.76. The van der Waals surface area contributed by atoms with Gasteiger partial charge in [0.1, 0.15) is 5.75 Å². The first-order valence-electron chi connectivity index (χ1n) is 7.34. The largest absolute Gasteiger partial charge is 0.506 e. The van der Waals surface area contributed by atoms with Gasteiger partial charge in [0.05, 0.1) is 16.2 Å². The molecule has 1 aromatic carbocycles. The molecule has 1 aliphatic carbocycles. The van der Waals surface area contributed by atoms with Crippen molar-refractivity contribution >= 4 is 17.0 Å². The molecule has 0 fully saturated rings. The van der Waals surface area contributed by atoms with Gasteiger partial charge in [0.15, 0.2) is 0 Å². The van der Waals surface area contributed by atoms with Crippen LogP contribution in [0.5, 0.6) is 5.75 Å². The zero-order valence-electron chi connectivity index (χ0n) is 12.4. The molecule has 0 saturated heterocycles. The third-order valence-corrected chi connectivity index (χ3v) is 5.06. The predicted octanol–water partition coefficient (Wildman–Crippen LogP) is 3.94. The van der Waals surface area contributed by atoms with Crippen LogP contribution in [0.15, 0.2) is 28.7 Å². The fourth-order valence-electron chi connectivity index (χ4n) is 2.92. The third kappa shape index (κ3) is 2.68. The number of hydrazone groups is 1. The first-order chi connectivity index (χ1) is 10.2. The van der Waals surface area contributed by atoms with Gasteiger partial charge in [0, 0.05) is 12.4 Å². The second-order valence-electron chi connectivity index (χ2n) is 5.44. The standard InChI is InChI=1S/C17H20N2OS/c1-11(19-18-2)15-10-21-17(16(15)20)14-8-7-12-5-3-4-6-13(12)9-14/h7-10,18,20H,3-6H2,1-2H3/b19-11+. The van der Waals surface area contributed by atoms with Crippen LogP contribution in [0.3, 0.4) is 0 Å². The van der Waals surface area contributed by atoms with Crippen LogP contribution in [-0.4, -0.2) is 17.9 Å². The molecule has 1 heterocycles. The molecule has 4 heteroatoms. The molecule has 0 saturated carbocycles. The summed E-state index contributed by atoms with van der Waals surface area (Å²) in [5, 5.41) is 16.6. The summed E-state index contributed by atoms with van der Waals surface area (Å²) in [5.41, 5.74) is 8.39. The molecule has 0 aliphatic heterocycles. The number of aromatic hydroxyl groups is 1. The molecule has 0 amide bonds. The predicted molar refractivity (Wildman–Crippen MR) is 89.3 cm³/mol. The molecule has 2 N–H and O–H groups in total. The van der Waals surface area contributed by atoms with Crippen LogP contribution in [0.4, 0.5) is 0 Å². The number of thiophene rings is 1. The van der Waals surface area contributed by atoms with Crippen LogP contribution in [0.2, 0.25) is 0 Å². The number of fused-ring (bicyclic) bond motifs is 1. The van der Waals surface area contributed by atoms with E-state index in [-0.39, 0.29) is 0 Å². The van der Waals surface area contributed by atoms with Crippen molar-refractivity contribution < 1.29 is 5.11 Å². The first kappa shape index (κ1) is 14.1. The van der Waals surface area contributed by atoms with Gasteiger partial charge in [-0.05, 0) is 55.4 Å². The highest BCUT2D eigenvalue weighted by Crippen LogP contribution is 2.40. The molecule has 0 radical (unpaired) electrons. The van der Waals surface area contributed by atoms with Crippen LogP contribution < -0.4 is 5.43 Å². The molecule has 21 heavy (non-hydrogen) atoms.